The predicted octanol–water partition coefficient (Wildman–Crippen LogP) is -0.170. The number of ether oxygens (including phenoxy) is 1. The Bertz CT molecular complexity index is 167. The fourth-order valence-electron chi connectivity index (χ4n) is 1.37. The zero-order valence-electron chi connectivity index (χ0n) is 8.16. The number of nitrogens with zero attached hydrogens (tertiary/aromatic N) is 1. The lowest BCUT2D eigenvalue weighted by molar-refractivity contribution is -0.136. The summed E-state index contributed by atoms with van der Waals surface area (Å²) in [6, 6.07) is 0. The highest BCUT2D eigenvalue weighted by Gasteiger charge is 2.28. The molecule has 1 aliphatic rings. The van der Waals surface area contributed by atoms with Gasteiger partial charge in [0.2, 0.25) is 5.91 Å². The Morgan fingerprint density at radius 2 is 2.31 bits per heavy atom. The molecule has 1 heterocycles. The van der Waals surface area contributed by atoms with Crippen molar-refractivity contribution in [2.24, 2.45) is 11.7 Å². The predicted molar refractivity (Wildman–Crippen MR) is 50.2 cm³/mol. The Hall–Kier alpha value is -0.610. The first kappa shape index (κ1) is 10.5. The molecule has 0 aliphatic carbocycles. The Kier molecular flexibility index (Phi) is 4.18. The fraction of sp³-hybridized carbons (Fsp3) is 0.889. The highest BCUT2D eigenvalue weighted by Crippen LogP contribution is 2.15. The number of carbonyl (C=O) groups is 1. The van der Waals surface area contributed by atoms with Crippen LogP contribution in [-0.4, -0.2) is 43.7 Å². The van der Waals surface area contributed by atoms with Crippen LogP contribution in [0, 0.1) is 5.92 Å². The van der Waals surface area contributed by atoms with Gasteiger partial charge in [-0.1, -0.05) is 0 Å². The van der Waals surface area contributed by atoms with Crippen LogP contribution in [0.5, 0.6) is 0 Å². The molecule has 0 bridgehead atoms. The Labute approximate surface area is 79.0 Å². The summed E-state index contributed by atoms with van der Waals surface area (Å²) in [4.78, 5) is 12.6. The Balaban J connectivity index is 1.93. The minimum atomic E-state index is 0.165. The molecule has 1 fully saturated rings. The molecule has 1 saturated heterocycles. The van der Waals surface area contributed by atoms with Crippen molar-refractivity contribution < 1.29 is 9.53 Å². The first-order valence-corrected chi connectivity index (χ1v) is 4.77. The van der Waals surface area contributed by atoms with Crippen LogP contribution in [0.3, 0.4) is 0 Å². The van der Waals surface area contributed by atoms with Gasteiger partial charge in [-0.15, -0.1) is 0 Å². The molecule has 0 saturated carbocycles. The number of rotatable bonds is 5. The first-order valence-electron chi connectivity index (χ1n) is 4.77. The van der Waals surface area contributed by atoms with E-state index in [9.17, 15) is 4.79 Å². The van der Waals surface area contributed by atoms with Gasteiger partial charge in [-0.25, -0.2) is 0 Å². The zero-order chi connectivity index (χ0) is 9.68. The van der Waals surface area contributed by atoms with Crippen molar-refractivity contribution in [3.63, 3.8) is 0 Å². The maximum Gasteiger partial charge on any atom is 0.219 e. The molecular formula is C9H18N2O2. The van der Waals surface area contributed by atoms with Crippen molar-refractivity contribution in [3.8, 4) is 0 Å². The fourth-order valence-corrected chi connectivity index (χ4v) is 1.37. The largest absolute Gasteiger partial charge is 0.381 e. The monoisotopic (exact) mass is 186 g/mol. The summed E-state index contributed by atoms with van der Waals surface area (Å²) in [5, 5.41) is 0. The summed E-state index contributed by atoms with van der Waals surface area (Å²) < 4.78 is 5.39. The number of hydrogen-bond donors (Lipinski definition) is 1. The molecule has 1 amide bonds. The highest BCUT2D eigenvalue weighted by molar-refractivity contribution is 5.74. The van der Waals surface area contributed by atoms with Crippen molar-refractivity contribution in [2.45, 2.75) is 13.3 Å². The van der Waals surface area contributed by atoms with E-state index in [1.54, 1.807) is 6.92 Å². The van der Waals surface area contributed by atoms with Crippen LogP contribution in [-0.2, 0) is 9.53 Å². The molecule has 4 nitrogen and oxygen atoms in total. The third-order valence-electron chi connectivity index (χ3n) is 2.25. The van der Waals surface area contributed by atoms with E-state index in [0.717, 1.165) is 32.7 Å². The van der Waals surface area contributed by atoms with E-state index < -0.39 is 0 Å². The number of likely N-dealkylation sites (tertiary alicyclic amines) is 1. The standard InChI is InChI=1S/C9H18N2O2/c1-8(12)11-5-9(6-11)7-13-4-2-3-10/h9H,2-7,10H2,1H3. The summed E-state index contributed by atoms with van der Waals surface area (Å²) in [6.45, 7) is 5.52. The summed E-state index contributed by atoms with van der Waals surface area (Å²) in [5.74, 6) is 0.708. The lowest BCUT2D eigenvalue weighted by Crippen LogP contribution is -2.50. The van der Waals surface area contributed by atoms with E-state index in [-0.39, 0.29) is 5.91 Å². The second-order valence-electron chi connectivity index (χ2n) is 3.51. The van der Waals surface area contributed by atoms with Crippen LogP contribution < -0.4 is 5.73 Å². The Morgan fingerprint density at radius 1 is 1.62 bits per heavy atom. The molecule has 0 unspecified atom stereocenters. The summed E-state index contributed by atoms with van der Waals surface area (Å²) in [6.07, 6.45) is 0.920. The highest BCUT2D eigenvalue weighted by atomic mass is 16.5. The average Bonchev–Trinajstić information content (AvgIpc) is 2.00. The van der Waals surface area contributed by atoms with Gasteiger partial charge in [-0.3, -0.25) is 4.79 Å². The maximum atomic E-state index is 10.8. The number of nitrogens with two attached hydrogens (primary N) is 1. The lowest BCUT2D eigenvalue weighted by Gasteiger charge is -2.38. The molecule has 13 heavy (non-hydrogen) atoms. The molecule has 0 atom stereocenters. The molecule has 76 valence electrons. The van der Waals surface area contributed by atoms with Crippen LogP contribution in [0.25, 0.3) is 0 Å². The molecule has 1 rings (SSSR count). The maximum absolute atomic E-state index is 10.8. The average molecular weight is 186 g/mol. The molecule has 0 aromatic rings. The Morgan fingerprint density at radius 3 is 2.85 bits per heavy atom. The van der Waals surface area contributed by atoms with E-state index in [4.69, 9.17) is 10.5 Å². The molecule has 1 aliphatic heterocycles. The van der Waals surface area contributed by atoms with E-state index in [2.05, 4.69) is 0 Å². The molecular weight excluding hydrogens is 168 g/mol. The molecule has 0 aromatic heterocycles. The second kappa shape index (κ2) is 5.19. The molecule has 2 N–H and O–H groups in total. The van der Waals surface area contributed by atoms with E-state index >= 15 is 0 Å². The van der Waals surface area contributed by atoms with E-state index in [1.165, 1.54) is 0 Å². The van der Waals surface area contributed by atoms with Crippen LogP contribution >= 0.6 is 0 Å². The van der Waals surface area contributed by atoms with Gasteiger partial charge in [0.25, 0.3) is 0 Å². The number of hydrogen-bond acceptors (Lipinski definition) is 3. The van der Waals surface area contributed by atoms with Gasteiger partial charge in [0.15, 0.2) is 0 Å². The SMILES string of the molecule is CC(=O)N1CC(COCCCN)C1. The summed E-state index contributed by atoms with van der Waals surface area (Å²) in [7, 11) is 0. The van der Waals surface area contributed by atoms with Crippen molar-refractivity contribution in [1.82, 2.24) is 4.90 Å². The number of amides is 1. The molecule has 0 spiro atoms. The van der Waals surface area contributed by atoms with Crippen LogP contribution in [0.1, 0.15) is 13.3 Å². The normalized spacial score (nSPS) is 17.2. The van der Waals surface area contributed by atoms with Crippen molar-refractivity contribution in [1.29, 1.82) is 0 Å². The van der Waals surface area contributed by atoms with Crippen molar-refractivity contribution in [2.75, 3.05) is 32.8 Å². The van der Waals surface area contributed by atoms with E-state index in [1.807, 2.05) is 4.90 Å². The van der Waals surface area contributed by atoms with Gasteiger partial charge in [0.05, 0.1) is 6.61 Å². The van der Waals surface area contributed by atoms with E-state index in [0.29, 0.717) is 12.5 Å². The molecule has 0 radical (unpaired) electrons. The molecule has 4 heteroatoms. The van der Waals surface area contributed by atoms with Crippen molar-refractivity contribution >= 4 is 5.91 Å². The lowest BCUT2D eigenvalue weighted by atomic mass is 10.0. The first-order chi connectivity index (χ1) is 6.24. The minimum Gasteiger partial charge on any atom is -0.381 e. The third-order valence-corrected chi connectivity index (χ3v) is 2.25. The smallest absolute Gasteiger partial charge is 0.219 e. The number of carbonyl (C=O) groups excluding carboxylic acids is 1. The van der Waals surface area contributed by atoms with Gasteiger partial charge >= 0.3 is 0 Å². The van der Waals surface area contributed by atoms with Gasteiger partial charge in [0, 0.05) is 32.5 Å². The van der Waals surface area contributed by atoms with Gasteiger partial charge < -0.3 is 15.4 Å². The van der Waals surface area contributed by atoms with Crippen molar-refractivity contribution in [3.05, 3.63) is 0 Å². The molecule has 0 aromatic carbocycles. The van der Waals surface area contributed by atoms with Crippen LogP contribution in [0.2, 0.25) is 0 Å². The minimum absolute atomic E-state index is 0.165. The van der Waals surface area contributed by atoms with Crippen LogP contribution in [0.4, 0.5) is 0 Å². The second-order valence-corrected chi connectivity index (χ2v) is 3.51. The quantitative estimate of drug-likeness (QED) is 0.606. The third kappa shape index (κ3) is 3.32. The van der Waals surface area contributed by atoms with Gasteiger partial charge in [-0.05, 0) is 13.0 Å². The summed E-state index contributed by atoms with van der Waals surface area (Å²) in [5.41, 5.74) is 5.32. The summed E-state index contributed by atoms with van der Waals surface area (Å²) >= 11 is 0. The van der Waals surface area contributed by atoms with Gasteiger partial charge in [0.1, 0.15) is 0 Å². The topological polar surface area (TPSA) is 55.6 Å². The zero-order valence-corrected chi connectivity index (χ0v) is 8.16. The van der Waals surface area contributed by atoms with Crippen LogP contribution in [0.15, 0.2) is 0 Å². The van der Waals surface area contributed by atoms with Gasteiger partial charge in [-0.2, -0.15) is 0 Å².